The van der Waals surface area contributed by atoms with Crippen molar-refractivity contribution in [3.05, 3.63) is 66.6 Å². The molecule has 0 saturated carbocycles. The number of hydrogen-bond donors (Lipinski definition) is 2. The fourth-order valence-corrected chi connectivity index (χ4v) is 3.55. The quantitative estimate of drug-likeness (QED) is 0.443. The van der Waals surface area contributed by atoms with Gasteiger partial charge in [-0.1, -0.05) is 23.5 Å². The minimum absolute atomic E-state index is 0.590. The molecule has 0 aliphatic heterocycles. The fourth-order valence-electron chi connectivity index (χ4n) is 2.52. The Morgan fingerprint density at radius 1 is 1.23 bits per heavy atom. The third-order valence-electron chi connectivity index (χ3n) is 3.72. The van der Waals surface area contributed by atoms with E-state index in [2.05, 4.69) is 26.3 Å². The standard InChI is InChI=1S/C18H13N7S.CH4O3S/c1-12-21-7-8-25(12)17-16(14-4-2-3-13(9-14)10-19)24-18(26-17)23-15-11-20-5-6-22-15;1-5(2,3)4/h2-9,11H,1H3,(H,22,23,24);1H3,(H,2,3,4). The number of nitriles is 1. The summed E-state index contributed by atoms with van der Waals surface area (Å²) in [6.07, 6.45) is 9.24. The molecule has 0 bridgehead atoms. The second-order valence-electron chi connectivity index (χ2n) is 6.16. The average Bonchev–Trinajstić information content (AvgIpc) is 3.33. The molecule has 4 rings (SSSR count). The summed E-state index contributed by atoms with van der Waals surface area (Å²) < 4.78 is 27.8. The van der Waals surface area contributed by atoms with Gasteiger partial charge in [-0.15, -0.1) is 0 Å². The van der Waals surface area contributed by atoms with Crippen molar-refractivity contribution in [3.8, 4) is 22.3 Å². The highest BCUT2D eigenvalue weighted by Crippen LogP contribution is 2.36. The van der Waals surface area contributed by atoms with Gasteiger partial charge in [0.2, 0.25) is 0 Å². The summed E-state index contributed by atoms with van der Waals surface area (Å²) >= 11 is 1.48. The van der Waals surface area contributed by atoms with Crippen LogP contribution in [0, 0.1) is 18.3 Å². The molecule has 0 amide bonds. The molecule has 0 atom stereocenters. The number of rotatable bonds is 4. The third-order valence-corrected chi connectivity index (χ3v) is 4.69. The van der Waals surface area contributed by atoms with Gasteiger partial charge in [0.1, 0.15) is 16.5 Å². The van der Waals surface area contributed by atoms with Crippen molar-refractivity contribution in [2.45, 2.75) is 6.92 Å². The number of nitrogens with zero attached hydrogens (tertiary/aromatic N) is 6. The van der Waals surface area contributed by atoms with E-state index in [1.165, 1.54) is 11.3 Å². The molecule has 3 aromatic heterocycles. The lowest BCUT2D eigenvalue weighted by molar-refractivity contribution is 0.490. The minimum atomic E-state index is -3.67. The summed E-state index contributed by atoms with van der Waals surface area (Å²) in [6, 6.07) is 9.57. The Bertz CT molecular complexity index is 1320. The maximum atomic E-state index is 9.20. The van der Waals surface area contributed by atoms with Crippen LogP contribution in [0.4, 0.5) is 10.9 Å². The second-order valence-corrected chi connectivity index (χ2v) is 8.60. The van der Waals surface area contributed by atoms with Crippen LogP contribution in [0.2, 0.25) is 0 Å². The summed E-state index contributed by atoms with van der Waals surface area (Å²) in [5.74, 6) is 1.48. The normalized spacial score (nSPS) is 10.6. The van der Waals surface area contributed by atoms with E-state index >= 15 is 0 Å². The molecule has 2 N–H and O–H groups in total. The van der Waals surface area contributed by atoms with Gasteiger partial charge >= 0.3 is 0 Å². The Hall–Kier alpha value is -3.66. The van der Waals surface area contributed by atoms with Gasteiger partial charge in [-0.3, -0.25) is 14.1 Å². The molecule has 4 aromatic rings. The summed E-state index contributed by atoms with van der Waals surface area (Å²) in [5.41, 5.74) is 2.24. The molecule has 158 valence electrons. The summed E-state index contributed by atoms with van der Waals surface area (Å²) in [7, 11) is -3.67. The number of aromatic nitrogens is 5. The Morgan fingerprint density at radius 2 is 2.00 bits per heavy atom. The van der Waals surface area contributed by atoms with Gasteiger partial charge in [0, 0.05) is 30.4 Å². The lowest BCUT2D eigenvalue weighted by Gasteiger charge is -2.05. The first-order chi connectivity index (χ1) is 14.7. The van der Waals surface area contributed by atoms with Crippen molar-refractivity contribution in [1.82, 2.24) is 24.5 Å². The van der Waals surface area contributed by atoms with E-state index in [9.17, 15) is 13.7 Å². The Labute approximate surface area is 182 Å². The monoisotopic (exact) mass is 455 g/mol. The maximum Gasteiger partial charge on any atom is 0.261 e. The van der Waals surface area contributed by atoms with Crippen molar-refractivity contribution >= 4 is 32.4 Å². The van der Waals surface area contributed by atoms with Crippen LogP contribution in [0.3, 0.4) is 0 Å². The Balaban J connectivity index is 0.000000491. The van der Waals surface area contributed by atoms with E-state index in [-0.39, 0.29) is 0 Å². The van der Waals surface area contributed by atoms with Gasteiger partial charge in [0.25, 0.3) is 10.1 Å². The number of benzene rings is 1. The molecule has 0 radical (unpaired) electrons. The molecule has 0 aliphatic rings. The topological polar surface area (TPSA) is 147 Å². The molecular weight excluding hydrogens is 438 g/mol. The number of imidazole rings is 1. The smallest absolute Gasteiger partial charge is 0.261 e. The van der Waals surface area contributed by atoms with Crippen LogP contribution >= 0.6 is 11.3 Å². The van der Waals surface area contributed by atoms with Crippen LogP contribution in [-0.2, 0) is 10.1 Å². The van der Waals surface area contributed by atoms with Crippen LogP contribution in [0.25, 0.3) is 16.3 Å². The molecule has 31 heavy (non-hydrogen) atoms. The first kappa shape index (κ1) is 22.0. The number of thiazole rings is 1. The largest absolute Gasteiger partial charge is 0.315 e. The zero-order valence-electron chi connectivity index (χ0n) is 16.5. The van der Waals surface area contributed by atoms with E-state index in [0.717, 1.165) is 22.1 Å². The van der Waals surface area contributed by atoms with Gasteiger partial charge in [-0.2, -0.15) is 13.7 Å². The van der Waals surface area contributed by atoms with Crippen LogP contribution in [0.15, 0.2) is 55.2 Å². The third kappa shape index (κ3) is 6.16. The maximum absolute atomic E-state index is 9.20. The van der Waals surface area contributed by atoms with E-state index in [1.807, 2.05) is 35.9 Å². The predicted molar refractivity (Wildman–Crippen MR) is 117 cm³/mol. The van der Waals surface area contributed by atoms with E-state index in [1.54, 1.807) is 30.9 Å². The van der Waals surface area contributed by atoms with Gasteiger partial charge in [0.05, 0.1) is 24.1 Å². The zero-order valence-corrected chi connectivity index (χ0v) is 18.1. The average molecular weight is 456 g/mol. The van der Waals surface area contributed by atoms with Crippen molar-refractivity contribution in [3.63, 3.8) is 0 Å². The van der Waals surface area contributed by atoms with Gasteiger partial charge in [0.15, 0.2) is 10.9 Å². The van der Waals surface area contributed by atoms with Crippen LogP contribution in [-0.4, -0.2) is 43.7 Å². The first-order valence-electron chi connectivity index (χ1n) is 8.72. The van der Waals surface area contributed by atoms with Crippen LogP contribution in [0.1, 0.15) is 11.4 Å². The number of anilines is 2. The molecule has 0 aliphatic carbocycles. The lowest BCUT2D eigenvalue weighted by Crippen LogP contribution is -1.95. The fraction of sp³-hybridized carbons (Fsp3) is 0.105. The molecule has 12 heteroatoms. The number of aryl methyl sites for hydroxylation is 1. The lowest BCUT2D eigenvalue weighted by atomic mass is 10.1. The molecule has 0 fully saturated rings. The molecular formula is C19H17N7O3S2. The van der Waals surface area contributed by atoms with Gasteiger partial charge in [-0.25, -0.2) is 15.0 Å². The number of hydrogen-bond acceptors (Lipinski definition) is 9. The van der Waals surface area contributed by atoms with E-state index in [0.29, 0.717) is 22.8 Å². The van der Waals surface area contributed by atoms with Crippen LogP contribution < -0.4 is 5.32 Å². The van der Waals surface area contributed by atoms with Crippen molar-refractivity contribution in [2.24, 2.45) is 0 Å². The molecule has 0 unspecified atom stereocenters. The highest BCUT2D eigenvalue weighted by atomic mass is 32.2. The van der Waals surface area contributed by atoms with Gasteiger partial charge < -0.3 is 5.32 Å². The predicted octanol–water partition coefficient (Wildman–Crippen LogP) is 3.21. The Morgan fingerprint density at radius 3 is 2.61 bits per heavy atom. The SMILES string of the molecule is CS(=O)(=O)O.Cc1nccn1-c1sc(Nc2cnccn2)nc1-c1cccc(C#N)c1. The molecule has 1 aromatic carbocycles. The first-order valence-corrected chi connectivity index (χ1v) is 11.4. The summed E-state index contributed by atoms with van der Waals surface area (Å²) in [4.78, 5) is 17.3. The highest BCUT2D eigenvalue weighted by molar-refractivity contribution is 7.85. The van der Waals surface area contributed by atoms with Crippen molar-refractivity contribution in [2.75, 3.05) is 11.6 Å². The van der Waals surface area contributed by atoms with Crippen LogP contribution in [0.5, 0.6) is 0 Å². The van der Waals surface area contributed by atoms with Crippen molar-refractivity contribution in [1.29, 1.82) is 5.26 Å². The second kappa shape index (κ2) is 9.43. The molecule has 3 heterocycles. The number of nitrogens with one attached hydrogen (secondary N) is 1. The highest BCUT2D eigenvalue weighted by Gasteiger charge is 2.17. The molecule has 0 spiro atoms. The summed E-state index contributed by atoms with van der Waals surface area (Å²) in [5, 5.41) is 14.0. The molecule has 0 saturated heterocycles. The molecule has 10 nitrogen and oxygen atoms in total. The summed E-state index contributed by atoms with van der Waals surface area (Å²) in [6.45, 7) is 1.94. The minimum Gasteiger partial charge on any atom is -0.315 e. The van der Waals surface area contributed by atoms with E-state index in [4.69, 9.17) is 9.54 Å². The Kier molecular flexibility index (Phi) is 6.71. The van der Waals surface area contributed by atoms with Crippen molar-refractivity contribution < 1.29 is 13.0 Å². The van der Waals surface area contributed by atoms with E-state index < -0.39 is 10.1 Å². The van der Waals surface area contributed by atoms with Gasteiger partial charge in [-0.05, 0) is 19.1 Å². The zero-order chi connectivity index (χ0) is 22.4.